The first kappa shape index (κ1) is 23.3. The topological polar surface area (TPSA) is 71.5 Å². The fraction of sp³-hybridized carbons (Fsp3) is 0.519. The summed E-state index contributed by atoms with van der Waals surface area (Å²) < 4.78 is 5.55. The van der Waals surface area contributed by atoms with Crippen molar-refractivity contribution in [1.29, 1.82) is 0 Å². The second kappa shape index (κ2) is 11.3. The molecule has 2 aromatic rings. The Morgan fingerprint density at radius 2 is 1.79 bits per heavy atom. The zero-order chi connectivity index (χ0) is 23.0. The Morgan fingerprint density at radius 1 is 1.06 bits per heavy atom. The van der Waals surface area contributed by atoms with Crippen LogP contribution in [0.5, 0.6) is 5.75 Å². The number of benzene rings is 1. The molecule has 4 rings (SSSR count). The van der Waals surface area contributed by atoms with Gasteiger partial charge in [-0.05, 0) is 43.4 Å². The molecule has 1 atom stereocenters. The van der Waals surface area contributed by atoms with Gasteiger partial charge in [0.2, 0.25) is 11.8 Å². The fourth-order valence-corrected chi connectivity index (χ4v) is 5.20. The summed E-state index contributed by atoms with van der Waals surface area (Å²) in [6.07, 6.45) is 9.98. The molecule has 33 heavy (non-hydrogen) atoms. The van der Waals surface area contributed by atoms with Crippen molar-refractivity contribution in [2.45, 2.75) is 57.4 Å². The monoisotopic (exact) mass is 449 g/mol. The van der Waals surface area contributed by atoms with Gasteiger partial charge in [0, 0.05) is 37.2 Å². The molecular formula is C27H35N3O3. The molecule has 1 saturated heterocycles. The van der Waals surface area contributed by atoms with Gasteiger partial charge in [0.25, 0.3) is 0 Å². The maximum absolute atomic E-state index is 13.2. The first-order chi connectivity index (χ1) is 16.2. The van der Waals surface area contributed by atoms with E-state index in [1.54, 1.807) is 13.3 Å². The van der Waals surface area contributed by atoms with Gasteiger partial charge in [-0.3, -0.25) is 14.6 Å². The molecule has 1 N–H and O–H groups in total. The maximum Gasteiger partial charge on any atom is 0.224 e. The van der Waals surface area contributed by atoms with Gasteiger partial charge in [0.1, 0.15) is 5.75 Å². The Kier molecular flexibility index (Phi) is 7.97. The highest BCUT2D eigenvalue weighted by atomic mass is 16.5. The van der Waals surface area contributed by atoms with Crippen LogP contribution in [0.1, 0.15) is 68.7 Å². The minimum absolute atomic E-state index is 0.00890. The van der Waals surface area contributed by atoms with E-state index in [9.17, 15) is 9.59 Å². The number of ether oxygens (including phenoxy) is 1. The standard InChI is InChI=1S/C27H35N3O3/c1-33-24-12-5-4-10-22(24)26(23-11-6-7-17-28-23)29-27(32)21-15-18-30(19-16-21)25(31)14-13-20-8-2-3-9-20/h4-7,10-12,17,20-21,26H,2-3,8-9,13-16,18-19H2,1H3,(H,29,32). The average molecular weight is 450 g/mol. The number of rotatable bonds is 8. The van der Waals surface area contributed by atoms with Crippen LogP contribution >= 0.6 is 0 Å². The van der Waals surface area contributed by atoms with Crippen LogP contribution < -0.4 is 10.1 Å². The highest BCUT2D eigenvalue weighted by Crippen LogP contribution is 2.31. The van der Waals surface area contributed by atoms with Gasteiger partial charge in [-0.1, -0.05) is 49.9 Å². The summed E-state index contributed by atoms with van der Waals surface area (Å²) in [4.78, 5) is 32.3. The van der Waals surface area contributed by atoms with Gasteiger partial charge in [-0.15, -0.1) is 0 Å². The number of carbonyl (C=O) groups excluding carboxylic acids is 2. The summed E-state index contributed by atoms with van der Waals surface area (Å²) in [5.41, 5.74) is 1.65. The minimum Gasteiger partial charge on any atom is -0.496 e. The highest BCUT2D eigenvalue weighted by Gasteiger charge is 2.30. The molecule has 176 valence electrons. The number of hydrogen-bond donors (Lipinski definition) is 1. The molecule has 2 aliphatic rings. The van der Waals surface area contributed by atoms with Crippen molar-refractivity contribution in [1.82, 2.24) is 15.2 Å². The van der Waals surface area contributed by atoms with Gasteiger partial charge >= 0.3 is 0 Å². The molecule has 1 unspecified atom stereocenters. The maximum atomic E-state index is 13.2. The highest BCUT2D eigenvalue weighted by molar-refractivity contribution is 5.81. The smallest absolute Gasteiger partial charge is 0.224 e. The molecule has 1 saturated carbocycles. The van der Waals surface area contributed by atoms with E-state index in [0.29, 0.717) is 32.4 Å². The molecule has 6 nitrogen and oxygen atoms in total. The summed E-state index contributed by atoms with van der Waals surface area (Å²) >= 11 is 0. The summed E-state index contributed by atoms with van der Waals surface area (Å²) in [5, 5.41) is 3.22. The largest absolute Gasteiger partial charge is 0.496 e. The summed E-state index contributed by atoms with van der Waals surface area (Å²) in [6, 6.07) is 13.0. The van der Waals surface area contributed by atoms with Crippen LogP contribution in [-0.4, -0.2) is 41.9 Å². The van der Waals surface area contributed by atoms with Crippen LogP contribution in [0.4, 0.5) is 0 Å². The number of likely N-dealkylation sites (tertiary alicyclic amines) is 1. The zero-order valence-corrected chi connectivity index (χ0v) is 19.5. The third-order valence-electron chi connectivity index (χ3n) is 7.18. The lowest BCUT2D eigenvalue weighted by atomic mass is 9.93. The van der Waals surface area contributed by atoms with E-state index in [4.69, 9.17) is 4.74 Å². The molecule has 1 aromatic heterocycles. The molecule has 1 aliphatic heterocycles. The van der Waals surface area contributed by atoms with E-state index in [1.807, 2.05) is 47.4 Å². The van der Waals surface area contributed by atoms with E-state index in [2.05, 4.69) is 10.3 Å². The molecule has 0 bridgehead atoms. The molecular weight excluding hydrogens is 414 g/mol. The van der Waals surface area contributed by atoms with Crippen LogP contribution in [-0.2, 0) is 9.59 Å². The summed E-state index contributed by atoms with van der Waals surface area (Å²) in [6.45, 7) is 1.31. The lowest BCUT2D eigenvalue weighted by Crippen LogP contribution is -2.44. The average Bonchev–Trinajstić information content (AvgIpc) is 3.40. The van der Waals surface area contributed by atoms with Gasteiger partial charge in [-0.25, -0.2) is 0 Å². The number of hydrogen-bond acceptors (Lipinski definition) is 4. The van der Waals surface area contributed by atoms with Crippen LogP contribution in [0.25, 0.3) is 0 Å². The minimum atomic E-state index is -0.388. The quantitative estimate of drug-likeness (QED) is 0.644. The van der Waals surface area contributed by atoms with Crippen LogP contribution in [0.2, 0.25) is 0 Å². The van der Waals surface area contributed by atoms with E-state index in [1.165, 1.54) is 25.7 Å². The molecule has 2 amide bonds. The van der Waals surface area contributed by atoms with Crippen molar-refractivity contribution in [3.63, 3.8) is 0 Å². The number of aromatic nitrogens is 1. The predicted octanol–water partition coefficient (Wildman–Crippen LogP) is 4.50. The first-order valence-corrected chi connectivity index (χ1v) is 12.3. The summed E-state index contributed by atoms with van der Waals surface area (Å²) in [5.74, 6) is 1.60. The molecule has 2 fully saturated rings. The Balaban J connectivity index is 1.36. The van der Waals surface area contributed by atoms with E-state index in [0.717, 1.165) is 29.3 Å². The Bertz CT molecular complexity index is 919. The molecule has 6 heteroatoms. The van der Waals surface area contributed by atoms with Crippen LogP contribution in [0.3, 0.4) is 0 Å². The number of methoxy groups -OCH3 is 1. The third-order valence-corrected chi connectivity index (χ3v) is 7.18. The number of carbonyl (C=O) groups is 2. The Labute approximate surface area is 196 Å². The van der Waals surface area contributed by atoms with Gasteiger partial charge < -0.3 is 15.0 Å². The third kappa shape index (κ3) is 5.92. The first-order valence-electron chi connectivity index (χ1n) is 12.3. The summed E-state index contributed by atoms with van der Waals surface area (Å²) in [7, 11) is 1.63. The second-order valence-corrected chi connectivity index (χ2v) is 9.28. The SMILES string of the molecule is COc1ccccc1C(NC(=O)C1CCN(C(=O)CCC2CCCC2)CC1)c1ccccn1. The van der Waals surface area contributed by atoms with Crippen molar-refractivity contribution < 1.29 is 14.3 Å². The lowest BCUT2D eigenvalue weighted by molar-refractivity contribution is -0.136. The van der Waals surface area contributed by atoms with Gasteiger partial charge in [0.05, 0.1) is 18.8 Å². The van der Waals surface area contributed by atoms with Crippen molar-refractivity contribution in [2.24, 2.45) is 11.8 Å². The van der Waals surface area contributed by atoms with E-state index in [-0.39, 0.29) is 23.8 Å². The number of piperidine rings is 1. The number of nitrogens with one attached hydrogen (secondary N) is 1. The number of para-hydroxylation sites is 1. The van der Waals surface area contributed by atoms with Crippen LogP contribution in [0.15, 0.2) is 48.7 Å². The zero-order valence-electron chi connectivity index (χ0n) is 19.5. The number of amides is 2. The molecule has 1 aliphatic carbocycles. The van der Waals surface area contributed by atoms with Gasteiger partial charge in [-0.2, -0.15) is 0 Å². The fourth-order valence-electron chi connectivity index (χ4n) is 5.20. The Hall–Kier alpha value is -2.89. The van der Waals surface area contributed by atoms with Crippen molar-refractivity contribution in [3.8, 4) is 5.75 Å². The molecule has 0 radical (unpaired) electrons. The van der Waals surface area contributed by atoms with E-state index >= 15 is 0 Å². The van der Waals surface area contributed by atoms with E-state index < -0.39 is 0 Å². The Morgan fingerprint density at radius 3 is 2.48 bits per heavy atom. The van der Waals surface area contributed by atoms with Crippen molar-refractivity contribution in [2.75, 3.05) is 20.2 Å². The van der Waals surface area contributed by atoms with Crippen LogP contribution in [0, 0.1) is 11.8 Å². The predicted molar refractivity (Wildman–Crippen MR) is 128 cm³/mol. The van der Waals surface area contributed by atoms with Gasteiger partial charge in [0.15, 0.2) is 0 Å². The second-order valence-electron chi connectivity index (χ2n) is 9.28. The molecule has 0 spiro atoms. The lowest BCUT2D eigenvalue weighted by Gasteiger charge is -2.32. The molecule has 1 aromatic carbocycles. The van der Waals surface area contributed by atoms with Crippen molar-refractivity contribution >= 4 is 11.8 Å². The van der Waals surface area contributed by atoms with Crippen molar-refractivity contribution in [3.05, 3.63) is 59.9 Å². The number of pyridine rings is 1. The number of nitrogens with zero attached hydrogens (tertiary/aromatic N) is 2. The normalized spacial score (nSPS) is 18.2. The molecule has 2 heterocycles.